The number of carbonyl (C=O) groups excluding carboxylic acids is 1. The van der Waals surface area contributed by atoms with E-state index in [2.05, 4.69) is 20.9 Å². The zero-order valence-corrected chi connectivity index (χ0v) is 15.3. The van der Waals surface area contributed by atoms with E-state index in [1.54, 1.807) is 19.1 Å². The van der Waals surface area contributed by atoms with E-state index in [1.807, 2.05) is 27.7 Å². The van der Waals surface area contributed by atoms with Gasteiger partial charge in [-0.15, -0.1) is 0 Å². The number of hydrogen-bond donors (Lipinski definition) is 4. The lowest BCUT2D eigenvalue weighted by Gasteiger charge is -2.20. The molecule has 0 aliphatic heterocycles. The molecule has 136 valence electrons. The summed E-state index contributed by atoms with van der Waals surface area (Å²) in [6.07, 6.45) is 1.52. The maximum atomic E-state index is 11.8. The van der Waals surface area contributed by atoms with Gasteiger partial charge in [0.25, 0.3) is 0 Å². The molecule has 1 aromatic rings. The minimum absolute atomic E-state index is 0.00647. The Labute approximate surface area is 143 Å². The van der Waals surface area contributed by atoms with Gasteiger partial charge in [-0.3, -0.25) is 4.79 Å². The van der Waals surface area contributed by atoms with Gasteiger partial charge in [-0.2, -0.15) is 0 Å². The summed E-state index contributed by atoms with van der Waals surface area (Å²) in [6.45, 7) is 11.1. The van der Waals surface area contributed by atoms with Crippen LogP contribution in [0.2, 0.25) is 0 Å². The molecule has 0 saturated heterocycles. The standard InChI is InChI=1S/C17H30N4O3/c1-6-18-15(20-10-9-19-14(22)16(2,3)4)21-12-17(5,23)13-8-7-11-24-13/h7-8,11,23H,6,9-10,12H2,1-5H3,(H,19,22)(H2,18,20,21). The van der Waals surface area contributed by atoms with Crippen LogP contribution in [0.1, 0.15) is 40.4 Å². The predicted octanol–water partition coefficient (Wildman–Crippen LogP) is 1.20. The molecule has 1 rings (SSSR count). The molecular formula is C17H30N4O3. The lowest BCUT2D eigenvalue weighted by Crippen LogP contribution is -2.44. The molecule has 1 aromatic heterocycles. The normalized spacial score (nSPS) is 14.8. The van der Waals surface area contributed by atoms with Crippen LogP contribution in [0.3, 0.4) is 0 Å². The quantitative estimate of drug-likeness (QED) is 0.340. The molecule has 0 saturated carbocycles. The van der Waals surface area contributed by atoms with E-state index in [9.17, 15) is 9.90 Å². The number of amides is 1. The average molecular weight is 338 g/mol. The molecule has 0 bridgehead atoms. The van der Waals surface area contributed by atoms with Gasteiger partial charge in [-0.25, -0.2) is 4.99 Å². The van der Waals surface area contributed by atoms with Crippen LogP contribution in [0.4, 0.5) is 0 Å². The van der Waals surface area contributed by atoms with E-state index < -0.39 is 11.0 Å². The van der Waals surface area contributed by atoms with Crippen molar-refractivity contribution in [3.05, 3.63) is 24.2 Å². The van der Waals surface area contributed by atoms with E-state index in [0.29, 0.717) is 31.4 Å². The Balaban J connectivity index is 2.50. The van der Waals surface area contributed by atoms with Crippen LogP contribution >= 0.6 is 0 Å². The highest BCUT2D eigenvalue weighted by Crippen LogP contribution is 2.20. The molecule has 7 heteroatoms. The Morgan fingerprint density at radius 1 is 1.21 bits per heavy atom. The van der Waals surface area contributed by atoms with Gasteiger partial charge in [0.1, 0.15) is 11.4 Å². The molecule has 7 nitrogen and oxygen atoms in total. The Morgan fingerprint density at radius 3 is 2.42 bits per heavy atom. The fraction of sp³-hybridized carbons (Fsp3) is 0.647. The van der Waals surface area contributed by atoms with Gasteiger partial charge in [0.2, 0.25) is 5.91 Å². The summed E-state index contributed by atoms with van der Waals surface area (Å²) in [5.74, 6) is 1.06. The molecule has 0 aliphatic carbocycles. The van der Waals surface area contributed by atoms with Crippen LogP contribution in [-0.4, -0.2) is 43.2 Å². The first-order valence-electron chi connectivity index (χ1n) is 8.23. The maximum Gasteiger partial charge on any atom is 0.225 e. The number of rotatable bonds is 7. The van der Waals surface area contributed by atoms with E-state index in [-0.39, 0.29) is 12.5 Å². The largest absolute Gasteiger partial charge is 0.466 e. The van der Waals surface area contributed by atoms with Crippen molar-refractivity contribution in [2.24, 2.45) is 10.4 Å². The second-order valence-electron chi connectivity index (χ2n) is 6.88. The second-order valence-corrected chi connectivity index (χ2v) is 6.88. The van der Waals surface area contributed by atoms with Crippen molar-refractivity contribution >= 4 is 11.9 Å². The lowest BCUT2D eigenvalue weighted by molar-refractivity contribution is -0.128. The molecular weight excluding hydrogens is 308 g/mol. The molecule has 1 amide bonds. The Morgan fingerprint density at radius 2 is 1.88 bits per heavy atom. The summed E-state index contributed by atoms with van der Waals surface area (Å²) in [5, 5.41) is 19.5. The molecule has 0 aromatic carbocycles. The molecule has 1 unspecified atom stereocenters. The summed E-state index contributed by atoms with van der Waals surface area (Å²) in [7, 11) is 0. The number of nitrogens with one attached hydrogen (secondary N) is 3. The van der Waals surface area contributed by atoms with Crippen LogP contribution in [0.15, 0.2) is 27.8 Å². The lowest BCUT2D eigenvalue weighted by atomic mass is 9.96. The monoisotopic (exact) mass is 338 g/mol. The van der Waals surface area contributed by atoms with Gasteiger partial charge >= 0.3 is 0 Å². The fourth-order valence-corrected chi connectivity index (χ4v) is 1.86. The highest BCUT2D eigenvalue weighted by molar-refractivity contribution is 5.81. The third kappa shape index (κ3) is 6.62. The van der Waals surface area contributed by atoms with Crippen LogP contribution in [0.25, 0.3) is 0 Å². The van der Waals surface area contributed by atoms with Crippen LogP contribution in [0.5, 0.6) is 0 Å². The van der Waals surface area contributed by atoms with Crippen molar-refractivity contribution < 1.29 is 14.3 Å². The molecule has 24 heavy (non-hydrogen) atoms. The van der Waals surface area contributed by atoms with Gasteiger partial charge in [-0.05, 0) is 26.0 Å². The number of furan rings is 1. The molecule has 4 N–H and O–H groups in total. The van der Waals surface area contributed by atoms with Gasteiger partial charge in [-0.1, -0.05) is 20.8 Å². The number of carbonyl (C=O) groups is 1. The van der Waals surface area contributed by atoms with Crippen LogP contribution < -0.4 is 16.0 Å². The number of hydrogen-bond acceptors (Lipinski definition) is 4. The zero-order valence-electron chi connectivity index (χ0n) is 15.3. The molecule has 0 radical (unpaired) electrons. The molecule has 0 aliphatic rings. The topological polar surface area (TPSA) is 98.9 Å². The molecule has 0 spiro atoms. The number of guanidine groups is 1. The zero-order chi connectivity index (χ0) is 18.2. The minimum atomic E-state index is -1.17. The van der Waals surface area contributed by atoms with Gasteiger partial charge in [0, 0.05) is 25.0 Å². The summed E-state index contributed by atoms with van der Waals surface area (Å²) >= 11 is 0. The van der Waals surface area contributed by atoms with Crippen molar-refractivity contribution in [3.8, 4) is 0 Å². The third-order valence-electron chi connectivity index (χ3n) is 3.33. The van der Waals surface area contributed by atoms with Crippen molar-refractivity contribution in [1.82, 2.24) is 16.0 Å². The van der Waals surface area contributed by atoms with Crippen molar-refractivity contribution in [1.29, 1.82) is 0 Å². The highest BCUT2D eigenvalue weighted by atomic mass is 16.4. The van der Waals surface area contributed by atoms with Gasteiger partial charge < -0.3 is 25.5 Å². The Kier molecular flexibility index (Phi) is 7.28. The second kappa shape index (κ2) is 8.73. The van der Waals surface area contributed by atoms with E-state index in [1.165, 1.54) is 6.26 Å². The van der Waals surface area contributed by atoms with E-state index in [4.69, 9.17) is 4.42 Å². The van der Waals surface area contributed by atoms with Crippen molar-refractivity contribution in [2.45, 2.75) is 40.2 Å². The van der Waals surface area contributed by atoms with E-state index >= 15 is 0 Å². The van der Waals surface area contributed by atoms with Crippen LogP contribution in [0, 0.1) is 5.41 Å². The number of nitrogens with zero attached hydrogens (tertiary/aromatic N) is 1. The highest BCUT2D eigenvalue weighted by Gasteiger charge is 2.26. The maximum absolute atomic E-state index is 11.8. The number of aliphatic imine (C=N–C) groups is 1. The first-order valence-corrected chi connectivity index (χ1v) is 8.23. The van der Waals surface area contributed by atoms with Crippen molar-refractivity contribution in [3.63, 3.8) is 0 Å². The summed E-state index contributed by atoms with van der Waals surface area (Å²) in [6, 6.07) is 3.45. The van der Waals surface area contributed by atoms with Gasteiger partial charge in [0.15, 0.2) is 5.96 Å². The summed E-state index contributed by atoms with van der Waals surface area (Å²) in [4.78, 5) is 16.2. The van der Waals surface area contributed by atoms with Gasteiger partial charge in [0.05, 0.1) is 12.8 Å². The molecule has 0 fully saturated rings. The number of aliphatic hydroxyl groups is 1. The SMILES string of the molecule is CCNC(=NCC(C)(O)c1ccco1)NCCNC(=O)C(C)(C)C. The summed E-state index contributed by atoms with van der Waals surface area (Å²) < 4.78 is 5.24. The first-order chi connectivity index (χ1) is 11.2. The molecule has 1 atom stereocenters. The smallest absolute Gasteiger partial charge is 0.225 e. The fourth-order valence-electron chi connectivity index (χ4n) is 1.86. The third-order valence-corrected chi connectivity index (χ3v) is 3.33. The predicted molar refractivity (Wildman–Crippen MR) is 94.7 cm³/mol. The molecule has 1 heterocycles. The van der Waals surface area contributed by atoms with Crippen molar-refractivity contribution in [2.75, 3.05) is 26.2 Å². The minimum Gasteiger partial charge on any atom is -0.466 e. The Hall–Kier alpha value is -2.02. The average Bonchev–Trinajstić information content (AvgIpc) is 3.03. The summed E-state index contributed by atoms with van der Waals surface area (Å²) in [5.41, 5.74) is -1.58. The first kappa shape index (κ1) is 20.0. The Bertz CT molecular complexity index is 531. The van der Waals surface area contributed by atoms with E-state index in [0.717, 1.165) is 0 Å². The van der Waals surface area contributed by atoms with Crippen LogP contribution in [-0.2, 0) is 10.4 Å².